The first-order valence-electron chi connectivity index (χ1n) is 7.87. The zero-order chi connectivity index (χ0) is 15.5. The summed E-state index contributed by atoms with van der Waals surface area (Å²) in [7, 11) is 0. The van der Waals surface area contributed by atoms with Gasteiger partial charge in [-0.25, -0.2) is 0 Å². The summed E-state index contributed by atoms with van der Waals surface area (Å²) in [6, 6.07) is 4.51. The highest BCUT2D eigenvalue weighted by molar-refractivity contribution is 14.1. The molecule has 22 heavy (non-hydrogen) atoms. The molecule has 1 atom stereocenters. The van der Waals surface area contributed by atoms with Gasteiger partial charge in [-0.15, -0.1) is 0 Å². The SMILES string of the molecule is Oc1c(I)cc(I)cc1[C@@H](C1CCOCC1)N1CCNCC1. The third-order valence-corrected chi connectivity index (χ3v) is 6.08. The second-order valence-electron chi connectivity index (χ2n) is 6.01. The van der Waals surface area contributed by atoms with Gasteiger partial charge in [-0.1, -0.05) is 0 Å². The number of phenolic OH excluding ortho intramolecular Hbond substituents is 1. The molecule has 0 aromatic heterocycles. The number of piperazine rings is 1. The number of hydrogen-bond acceptors (Lipinski definition) is 4. The quantitative estimate of drug-likeness (QED) is 0.593. The maximum atomic E-state index is 10.7. The van der Waals surface area contributed by atoms with Crippen molar-refractivity contribution in [2.75, 3.05) is 39.4 Å². The number of hydrogen-bond donors (Lipinski definition) is 2. The average molecular weight is 528 g/mol. The van der Waals surface area contributed by atoms with Gasteiger partial charge in [0, 0.05) is 54.6 Å². The van der Waals surface area contributed by atoms with Gasteiger partial charge in [0.1, 0.15) is 5.75 Å². The molecule has 122 valence electrons. The molecule has 3 rings (SSSR count). The van der Waals surface area contributed by atoms with E-state index >= 15 is 0 Å². The average Bonchev–Trinajstić information content (AvgIpc) is 2.54. The summed E-state index contributed by atoms with van der Waals surface area (Å²) >= 11 is 4.59. The van der Waals surface area contributed by atoms with Gasteiger partial charge in [0.2, 0.25) is 0 Å². The summed E-state index contributed by atoms with van der Waals surface area (Å²) in [5, 5.41) is 14.1. The van der Waals surface area contributed by atoms with Gasteiger partial charge in [-0.3, -0.25) is 4.90 Å². The monoisotopic (exact) mass is 528 g/mol. The van der Waals surface area contributed by atoms with E-state index in [1.807, 2.05) is 6.07 Å². The first kappa shape index (κ1) is 17.2. The molecule has 2 aliphatic rings. The van der Waals surface area contributed by atoms with Crippen LogP contribution in [0.5, 0.6) is 5.75 Å². The van der Waals surface area contributed by atoms with Gasteiger partial charge in [0.15, 0.2) is 0 Å². The highest BCUT2D eigenvalue weighted by Gasteiger charge is 2.33. The summed E-state index contributed by atoms with van der Waals surface area (Å²) in [5.74, 6) is 1.03. The first-order valence-corrected chi connectivity index (χ1v) is 10.0. The van der Waals surface area contributed by atoms with Gasteiger partial charge in [0.25, 0.3) is 0 Å². The summed E-state index contributed by atoms with van der Waals surface area (Å²) in [4.78, 5) is 2.55. The van der Waals surface area contributed by atoms with Crippen LogP contribution in [0.4, 0.5) is 0 Å². The molecule has 0 radical (unpaired) electrons. The molecule has 2 saturated heterocycles. The van der Waals surface area contributed by atoms with Gasteiger partial charge >= 0.3 is 0 Å². The van der Waals surface area contributed by atoms with E-state index in [0.717, 1.165) is 61.4 Å². The smallest absolute Gasteiger partial charge is 0.133 e. The van der Waals surface area contributed by atoms with Crippen LogP contribution >= 0.6 is 45.2 Å². The molecule has 0 unspecified atom stereocenters. The molecule has 0 amide bonds. The van der Waals surface area contributed by atoms with Crippen LogP contribution in [0, 0.1) is 13.1 Å². The Balaban J connectivity index is 1.96. The molecule has 0 bridgehead atoms. The van der Waals surface area contributed by atoms with Gasteiger partial charge in [-0.05, 0) is 76.1 Å². The number of halogens is 2. The molecule has 6 heteroatoms. The molecular weight excluding hydrogens is 506 g/mol. The Kier molecular flexibility index (Phi) is 6.22. The van der Waals surface area contributed by atoms with E-state index in [9.17, 15) is 5.11 Å². The molecule has 0 saturated carbocycles. The normalized spacial score (nSPS) is 22.6. The number of phenols is 1. The Morgan fingerprint density at radius 1 is 1.18 bits per heavy atom. The third kappa shape index (κ3) is 3.88. The fourth-order valence-electron chi connectivity index (χ4n) is 3.55. The van der Waals surface area contributed by atoms with Crippen LogP contribution < -0.4 is 5.32 Å². The van der Waals surface area contributed by atoms with Crippen molar-refractivity contribution in [1.82, 2.24) is 10.2 Å². The predicted molar refractivity (Wildman–Crippen MR) is 104 cm³/mol. The summed E-state index contributed by atoms with van der Waals surface area (Å²) in [6.45, 7) is 5.83. The number of aromatic hydroxyl groups is 1. The van der Waals surface area contributed by atoms with Gasteiger partial charge < -0.3 is 15.2 Å². The summed E-state index contributed by atoms with van der Waals surface area (Å²) in [5.41, 5.74) is 1.10. The minimum Gasteiger partial charge on any atom is -0.506 e. The fourth-order valence-corrected chi connectivity index (χ4v) is 5.44. The molecule has 1 aromatic rings. The lowest BCUT2D eigenvalue weighted by atomic mass is 9.85. The zero-order valence-corrected chi connectivity index (χ0v) is 16.8. The van der Waals surface area contributed by atoms with Crippen molar-refractivity contribution in [3.8, 4) is 5.75 Å². The molecule has 4 nitrogen and oxygen atoms in total. The molecule has 2 fully saturated rings. The standard InChI is InChI=1S/C16H22I2N2O2/c17-12-9-13(16(21)14(18)10-12)15(11-1-7-22-8-2-11)20-5-3-19-4-6-20/h9-11,15,19,21H,1-8H2/t15-/m1/s1. The van der Waals surface area contributed by atoms with E-state index < -0.39 is 0 Å². The Bertz CT molecular complexity index is 497. The number of nitrogens with one attached hydrogen (secondary N) is 1. The zero-order valence-electron chi connectivity index (χ0n) is 12.5. The Morgan fingerprint density at radius 3 is 2.55 bits per heavy atom. The lowest BCUT2D eigenvalue weighted by Gasteiger charge is -2.41. The highest BCUT2D eigenvalue weighted by Crippen LogP contribution is 2.41. The van der Waals surface area contributed by atoms with Crippen LogP contribution in [0.2, 0.25) is 0 Å². The van der Waals surface area contributed by atoms with E-state index in [2.05, 4.69) is 61.5 Å². The van der Waals surface area contributed by atoms with E-state index in [1.54, 1.807) is 0 Å². The fraction of sp³-hybridized carbons (Fsp3) is 0.625. The van der Waals surface area contributed by atoms with Crippen molar-refractivity contribution in [3.63, 3.8) is 0 Å². The predicted octanol–water partition coefficient (Wildman–Crippen LogP) is 2.97. The van der Waals surface area contributed by atoms with Gasteiger partial charge in [-0.2, -0.15) is 0 Å². The summed E-state index contributed by atoms with van der Waals surface area (Å²) < 4.78 is 7.70. The molecule has 2 N–H and O–H groups in total. The molecular formula is C16H22I2N2O2. The van der Waals surface area contributed by atoms with E-state index in [-0.39, 0.29) is 0 Å². The van der Waals surface area contributed by atoms with Crippen molar-refractivity contribution in [3.05, 3.63) is 24.8 Å². The van der Waals surface area contributed by atoms with E-state index in [1.165, 1.54) is 3.57 Å². The topological polar surface area (TPSA) is 44.7 Å². The molecule has 2 heterocycles. The van der Waals surface area contributed by atoms with Crippen LogP contribution in [0.15, 0.2) is 12.1 Å². The van der Waals surface area contributed by atoms with Crippen molar-refractivity contribution < 1.29 is 9.84 Å². The minimum absolute atomic E-state index is 0.300. The van der Waals surface area contributed by atoms with Crippen LogP contribution in [-0.4, -0.2) is 49.4 Å². The second kappa shape index (κ2) is 7.96. The largest absolute Gasteiger partial charge is 0.506 e. The van der Waals surface area contributed by atoms with Crippen molar-refractivity contribution >= 4 is 45.2 Å². The van der Waals surface area contributed by atoms with Crippen LogP contribution in [0.25, 0.3) is 0 Å². The Hall–Kier alpha value is 0.360. The maximum Gasteiger partial charge on any atom is 0.133 e. The van der Waals surface area contributed by atoms with Crippen molar-refractivity contribution in [2.45, 2.75) is 18.9 Å². The summed E-state index contributed by atoms with van der Waals surface area (Å²) in [6.07, 6.45) is 2.16. The van der Waals surface area contributed by atoms with Crippen LogP contribution in [0.3, 0.4) is 0 Å². The minimum atomic E-state index is 0.300. The van der Waals surface area contributed by atoms with Crippen LogP contribution in [-0.2, 0) is 4.74 Å². The number of nitrogens with zero attached hydrogens (tertiary/aromatic N) is 1. The van der Waals surface area contributed by atoms with E-state index in [0.29, 0.717) is 17.7 Å². The third-order valence-electron chi connectivity index (χ3n) is 4.63. The number of ether oxygens (including phenoxy) is 1. The second-order valence-corrected chi connectivity index (χ2v) is 8.41. The highest BCUT2D eigenvalue weighted by atomic mass is 127. The maximum absolute atomic E-state index is 10.7. The van der Waals surface area contributed by atoms with E-state index in [4.69, 9.17) is 4.74 Å². The Morgan fingerprint density at radius 2 is 1.86 bits per heavy atom. The number of benzene rings is 1. The molecule has 2 aliphatic heterocycles. The van der Waals surface area contributed by atoms with Crippen molar-refractivity contribution in [2.24, 2.45) is 5.92 Å². The lowest BCUT2D eigenvalue weighted by Crippen LogP contribution is -2.47. The molecule has 0 aliphatic carbocycles. The van der Waals surface area contributed by atoms with Crippen LogP contribution in [0.1, 0.15) is 24.4 Å². The molecule has 1 aromatic carbocycles. The lowest BCUT2D eigenvalue weighted by molar-refractivity contribution is 0.0206. The van der Waals surface area contributed by atoms with Crippen molar-refractivity contribution in [1.29, 1.82) is 0 Å². The van der Waals surface area contributed by atoms with Gasteiger partial charge in [0.05, 0.1) is 3.57 Å². The Labute approximate surface area is 159 Å². The molecule has 0 spiro atoms. The number of rotatable bonds is 3. The first-order chi connectivity index (χ1) is 10.7.